The van der Waals surface area contributed by atoms with Gasteiger partial charge in [0.15, 0.2) is 0 Å². The first-order valence-corrected chi connectivity index (χ1v) is 10.2. The summed E-state index contributed by atoms with van der Waals surface area (Å²) in [6, 6.07) is 9.39. The van der Waals surface area contributed by atoms with Gasteiger partial charge in [-0.1, -0.05) is 35.1 Å². The van der Waals surface area contributed by atoms with Crippen LogP contribution < -0.4 is 5.56 Å². The predicted octanol–water partition coefficient (Wildman–Crippen LogP) is 3.33. The molecule has 0 spiro atoms. The lowest BCUT2D eigenvalue weighted by molar-refractivity contribution is 0.139. The minimum absolute atomic E-state index is 0.115. The Morgan fingerprint density at radius 3 is 2.78 bits per heavy atom. The van der Waals surface area contributed by atoms with Crippen molar-refractivity contribution in [2.75, 3.05) is 20.3 Å². The average molecular weight is 405 g/mol. The standard InChI is InChI=1S/C19H21ClN4O2S/c1-26-9-8-23(11-13-2-6-15(20)7-3-13)12-16-10-17(25)24-19(21-16)27-18(22-24)14-4-5-14/h2-3,6-7,10,14H,4-5,8-9,11-12H2,1H3. The van der Waals surface area contributed by atoms with E-state index >= 15 is 0 Å². The highest BCUT2D eigenvalue weighted by atomic mass is 35.5. The summed E-state index contributed by atoms with van der Waals surface area (Å²) in [5, 5.41) is 6.18. The van der Waals surface area contributed by atoms with Crippen LogP contribution in [0.2, 0.25) is 5.02 Å². The first-order chi connectivity index (χ1) is 13.1. The van der Waals surface area contributed by atoms with Gasteiger partial charge in [0.05, 0.1) is 12.3 Å². The van der Waals surface area contributed by atoms with Gasteiger partial charge in [-0.3, -0.25) is 9.69 Å². The maximum Gasteiger partial charge on any atom is 0.275 e. The zero-order valence-corrected chi connectivity index (χ0v) is 16.7. The Bertz CT molecular complexity index is 982. The van der Waals surface area contributed by atoms with Gasteiger partial charge in [0.2, 0.25) is 4.96 Å². The van der Waals surface area contributed by atoms with Crippen molar-refractivity contribution in [2.45, 2.75) is 31.8 Å². The van der Waals surface area contributed by atoms with Gasteiger partial charge in [-0.15, -0.1) is 0 Å². The van der Waals surface area contributed by atoms with Crippen molar-refractivity contribution in [2.24, 2.45) is 0 Å². The lowest BCUT2D eigenvalue weighted by Crippen LogP contribution is -2.28. The summed E-state index contributed by atoms with van der Waals surface area (Å²) in [6.07, 6.45) is 2.32. The molecule has 0 atom stereocenters. The van der Waals surface area contributed by atoms with E-state index in [2.05, 4.69) is 15.0 Å². The molecule has 0 aliphatic heterocycles. The summed E-state index contributed by atoms with van der Waals surface area (Å²) >= 11 is 7.51. The number of hydrogen-bond acceptors (Lipinski definition) is 6. The highest BCUT2D eigenvalue weighted by Gasteiger charge is 2.28. The average Bonchev–Trinajstić information content (AvgIpc) is 3.41. The van der Waals surface area contributed by atoms with Crippen molar-refractivity contribution in [3.05, 3.63) is 62.0 Å². The molecule has 1 saturated carbocycles. The molecule has 1 aliphatic carbocycles. The van der Waals surface area contributed by atoms with Gasteiger partial charge < -0.3 is 4.74 Å². The third kappa shape index (κ3) is 4.55. The fraction of sp³-hybridized carbons (Fsp3) is 0.421. The topological polar surface area (TPSA) is 59.7 Å². The quantitative estimate of drug-likeness (QED) is 0.576. The fourth-order valence-corrected chi connectivity index (χ4v) is 4.18. The molecule has 0 saturated heterocycles. The van der Waals surface area contributed by atoms with Crippen molar-refractivity contribution in [1.82, 2.24) is 19.5 Å². The van der Waals surface area contributed by atoms with Crippen LogP contribution in [0.4, 0.5) is 0 Å². The molecule has 8 heteroatoms. The molecule has 3 aromatic rings. The summed E-state index contributed by atoms with van der Waals surface area (Å²) in [5.41, 5.74) is 1.80. The zero-order chi connectivity index (χ0) is 18.8. The largest absolute Gasteiger partial charge is 0.383 e. The molecule has 0 bridgehead atoms. The number of ether oxygens (including phenoxy) is 1. The first kappa shape index (κ1) is 18.6. The highest BCUT2D eigenvalue weighted by molar-refractivity contribution is 7.16. The van der Waals surface area contributed by atoms with Crippen LogP contribution in [0, 0.1) is 0 Å². The number of methoxy groups -OCH3 is 1. The van der Waals surface area contributed by atoms with Crippen LogP contribution in [0.3, 0.4) is 0 Å². The maximum absolute atomic E-state index is 12.5. The van der Waals surface area contributed by atoms with Gasteiger partial charge in [-0.05, 0) is 30.5 Å². The summed E-state index contributed by atoms with van der Waals surface area (Å²) in [5.74, 6) is 0.516. The zero-order valence-electron chi connectivity index (χ0n) is 15.1. The van der Waals surface area contributed by atoms with Gasteiger partial charge in [0.25, 0.3) is 5.56 Å². The SMILES string of the molecule is COCCN(Cc1ccc(Cl)cc1)Cc1cc(=O)n2nc(C3CC3)sc2n1. The van der Waals surface area contributed by atoms with Crippen LogP contribution in [-0.4, -0.2) is 39.8 Å². The van der Waals surface area contributed by atoms with Crippen molar-refractivity contribution in [3.63, 3.8) is 0 Å². The van der Waals surface area contributed by atoms with Gasteiger partial charge in [-0.2, -0.15) is 9.61 Å². The molecular formula is C19H21ClN4O2S. The number of fused-ring (bicyclic) bond motifs is 1. The van der Waals surface area contributed by atoms with Gasteiger partial charge in [0.1, 0.15) is 5.01 Å². The van der Waals surface area contributed by atoms with Crippen LogP contribution >= 0.6 is 22.9 Å². The number of hydrogen-bond donors (Lipinski definition) is 0. The van der Waals surface area contributed by atoms with Crippen LogP contribution in [0.5, 0.6) is 0 Å². The Kier molecular flexibility index (Phi) is 5.54. The third-order valence-corrected chi connectivity index (χ3v) is 5.88. The maximum atomic E-state index is 12.5. The van der Waals surface area contributed by atoms with Crippen LogP contribution in [0.1, 0.15) is 35.0 Å². The van der Waals surface area contributed by atoms with Gasteiger partial charge in [0, 0.05) is 43.8 Å². The summed E-state index contributed by atoms with van der Waals surface area (Å²) in [4.78, 5) is 20.0. The fourth-order valence-electron chi connectivity index (χ4n) is 2.96. The highest BCUT2D eigenvalue weighted by Crippen LogP contribution is 2.41. The van der Waals surface area contributed by atoms with Crippen molar-refractivity contribution in [1.29, 1.82) is 0 Å². The van der Waals surface area contributed by atoms with Gasteiger partial charge in [-0.25, -0.2) is 4.98 Å². The predicted molar refractivity (Wildman–Crippen MR) is 107 cm³/mol. The number of rotatable bonds is 8. The smallest absolute Gasteiger partial charge is 0.275 e. The first-order valence-electron chi connectivity index (χ1n) is 8.98. The van der Waals surface area contributed by atoms with E-state index in [0.717, 1.165) is 47.2 Å². The normalized spacial score (nSPS) is 14.3. The Morgan fingerprint density at radius 2 is 2.07 bits per heavy atom. The van der Waals surface area contributed by atoms with E-state index in [4.69, 9.17) is 16.3 Å². The number of halogens is 1. The molecule has 27 heavy (non-hydrogen) atoms. The van der Waals surface area contributed by atoms with E-state index in [1.54, 1.807) is 13.2 Å². The van der Waals surface area contributed by atoms with Crippen molar-refractivity contribution in [3.8, 4) is 0 Å². The van der Waals surface area contributed by atoms with E-state index < -0.39 is 0 Å². The van der Waals surface area contributed by atoms with Crippen molar-refractivity contribution >= 4 is 27.9 Å². The second kappa shape index (κ2) is 8.06. The second-order valence-corrected chi connectivity index (χ2v) is 8.25. The molecule has 1 aromatic carbocycles. The van der Waals surface area contributed by atoms with E-state index in [1.165, 1.54) is 15.9 Å². The molecule has 2 aromatic heterocycles. The van der Waals surface area contributed by atoms with E-state index in [1.807, 2.05) is 24.3 Å². The van der Waals surface area contributed by atoms with Gasteiger partial charge >= 0.3 is 0 Å². The summed E-state index contributed by atoms with van der Waals surface area (Å²) in [7, 11) is 1.69. The second-order valence-electron chi connectivity index (χ2n) is 6.82. The molecule has 0 amide bonds. The minimum Gasteiger partial charge on any atom is -0.383 e. The molecule has 142 valence electrons. The van der Waals surface area contributed by atoms with Crippen LogP contribution in [0.25, 0.3) is 4.96 Å². The molecular weight excluding hydrogens is 384 g/mol. The summed E-state index contributed by atoms with van der Waals surface area (Å²) in [6.45, 7) is 2.67. The molecule has 0 radical (unpaired) electrons. The summed E-state index contributed by atoms with van der Waals surface area (Å²) < 4.78 is 6.67. The molecule has 0 N–H and O–H groups in total. The lowest BCUT2D eigenvalue weighted by Gasteiger charge is -2.21. The molecule has 4 rings (SSSR count). The Labute approximate surface area is 166 Å². The minimum atomic E-state index is -0.115. The van der Waals surface area contributed by atoms with E-state index in [-0.39, 0.29) is 5.56 Å². The molecule has 2 heterocycles. The molecule has 1 fully saturated rings. The monoisotopic (exact) mass is 404 g/mol. The lowest BCUT2D eigenvalue weighted by atomic mass is 10.2. The Hall–Kier alpha value is -1.80. The third-order valence-electron chi connectivity index (χ3n) is 4.56. The molecule has 0 unspecified atom stereocenters. The number of aromatic nitrogens is 3. The number of benzene rings is 1. The van der Waals surface area contributed by atoms with Crippen LogP contribution in [-0.2, 0) is 17.8 Å². The Morgan fingerprint density at radius 1 is 1.30 bits per heavy atom. The number of nitrogens with zero attached hydrogens (tertiary/aromatic N) is 4. The Balaban J connectivity index is 1.55. The van der Waals surface area contributed by atoms with E-state index in [9.17, 15) is 4.79 Å². The molecule has 1 aliphatic rings. The molecule has 6 nitrogen and oxygen atoms in total. The van der Waals surface area contributed by atoms with Crippen molar-refractivity contribution < 1.29 is 4.74 Å². The van der Waals surface area contributed by atoms with E-state index in [0.29, 0.717) is 24.0 Å². The van der Waals surface area contributed by atoms with Crippen LogP contribution in [0.15, 0.2) is 35.1 Å².